The third-order valence-corrected chi connectivity index (χ3v) is 3.96. The molecule has 0 N–H and O–H groups in total. The summed E-state index contributed by atoms with van der Waals surface area (Å²) in [5.41, 5.74) is 1.36. The summed E-state index contributed by atoms with van der Waals surface area (Å²) < 4.78 is 0. The SMILES string of the molecule is CCCC(=O)N1CCN(C(C)c2ccccc2)CC1. The first kappa shape index (κ1) is 14.1. The van der Waals surface area contributed by atoms with E-state index in [9.17, 15) is 4.79 Å². The Labute approximate surface area is 116 Å². The number of amides is 1. The minimum Gasteiger partial charge on any atom is -0.340 e. The molecule has 1 heterocycles. The second-order valence-corrected chi connectivity index (χ2v) is 5.25. The Kier molecular flexibility index (Phi) is 4.97. The molecule has 1 unspecified atom stereocenters. The molecule has 0 aromatic heterocycles. The monoisotopic (exact) mass is 260 g/mol. The van der Waals surface area contributed by atoms with Crippen LogP contribution in [0.3, 0.4) is 0 Å². The molecule has 0 bridgehead atoms. The molecule has 1 fully saturated rings. The van der Waals surface area contributed by atoms with E-state index in [4.69, 9.17) is 0 Å². The van der Waals surface area contributed by atoms with Gasteiger partial charge in [-0.2, -0.15) is 0 Å². The first-order valence-corrected chi connectivity index (χ1v) is 7.29. The second-order valence-electron chi connectivity index (χ2n) is 5.25. The lowest BCUT2D eigenvalue weighted by Crippen LogP contribution is -2.49. The lowest BCUT2D eigenvalue weighted by molar-refractivity contribution is -0.133. The van der Waals surface area contributed by atoms with Crippen molar-refractivity contribution >= 4 is 5.91 Å². The first-order valence-electron chi connectivity index (χ1n) is 7.29. The van der Waals surface area contributed by atoms with Gasteiger partial charge in [-0.25, -0.2) is 0 Å². The van der Waals surface area contributed by atoms with Crippen LogP contribution in [-0.4, -0.2) is 41.9 Å². The molecule has 1 atom stereocenters. The summed E-state index contributed by atoms with van der Waals surface area (Å²) in [7, 11) is 0. The van der Waals surface area contributed by atoms with Crippen LogP contribution >= 0.6 is 0 Å². The number of piperazine rings is 1. The average Bonchev–Trinajstić information content (AvgIpc) is 2.48. The van der Waals surface area contributed by atoms with Crippen molar-refractivity contribution in [3.63, 3.8) is 0 Å². The van der Waals surface area contributed by atoms with Crippen LogP contribution in [0.15, 0.2) is 30.3 Å². The Hall–Kier alpha value is -1.35. The van der Waals surface area contributed by atoms with Crippen molar-refractivity contribution in [3.8, 4) is 0 Å². The van der Waals surface area contributed by atoms with Gasteiger partial charge in [-0.05, 0) is 18.9 Å². The maximum Gasteiger partial charge on any atom is 0.222 e. The van der Waals surface area contributed by atoms with E-state index >= 15 is 0 Å². The largest absolute Gasteiger partial charge is 0.340 e. The lowest BCUT2D eigenvalue weighted by Gasteiger charge is -2.38. The standard InChI is InChI=1S/C16H24N2O/c1-3-7-16(19)18-12-10-17(11-13-18)14(2)15-8-5-4-6-9-15/h4-6,8-9,14H,3,7,10-13H2,1-2H3. The summed E-state index contributed by atoms with van der Waals surface area (Å²) in [6, 6.07) is 11.0. The van der Waals surface area contributed by atoms with Crippen molar-refractivity contribution in [2.75, 3.05) is 26.2 Å². The van der Waals surface area contributed by atoms with E-state index in [1.165, 1.54) is 5.56 Å². The number of nitrogens with zero attached hydrogens (tertiary/aromatic N) is 2. The van der Waals surface area contributed by atoms with E-state index in [-0.39, 0.29) is 0 Å². The van der Waals surface area contributed by atoms with Gasteiger partial charge < -0.3 is 4.90 Å². The molecule has 3 heteroatoms. The molecular formula is C16H24N2O. The van der Waals surface area contributed by atoms with Crippen LogP contribution in [0.1, 0.15) is 38.3 Å². The highest BCUT2D eigenvalue weighted by molar-refractivity contribution is 5.76. The molecule has 104 valence electrons. The number of benzene rings is 1. The fourth-order valence-electron chi connectivity index (χ4n) is 2.67. The molecule has 1 saturated heterocycles. The van der Waals surface area contributed by atoms with Crippen LogP contribution in [0.5, 0.6) is 0 Å². The first-order chi connectivity index (χ1) is 9.22. The number of hydrogen-bond acceptors (Lipinski definition) is 2. The molecule has 1 amide bonds. The van der Waals surface area contributed by atoms with Gasteiger partial charge in [0.1, 0.15) is 0 Å². The molecule has 19 heavy (non-hydrogen) atoms. The fourth-order valence-corrected chi connectivity index (χ4v) is 2.67. The Morgan fingerprint density at radius 2 is 1.79 bits per heavy atom. The number of carbonyl (C=O) groups excluding carboxylic acids is 1. The average molecular weight is 260 g/mol. The zero-order valence-corrected chi connectivity index (χ0v) is 12.0. The minimum absolute atomic E-state index is 0.314. The molecule has 0 saturated carbocycles. The molecule has 1 aromatic rings. The molecular weight excluding hydrogens is 236 g/mol. The van der Waals surface area contributed by atoms with Crippen LogP contribution in [0.4, 0.5) is 0 Å². The fraction of sp³-hybridized carbons (Fsp3) is 0.562. The molecule has 1 aromatic carbocycles. The van der Waals surface area contributed by atoms with Crippen molar-refractivity contribution in [3.05, 3.63) is 35.9 Å². The number of hydrogen-bond donors (Lipinski definition) is 0. The molecule has 1 aliphatic rings. The number of rotatable bonds is 4. The van der Waals surface area contributed by atoms with Crippen molar-refractivity contribution < 1.29 is 4.79 Å². The van der Waals surface area contributed by atoms with Crippen molar-refractivity contribution in [2.45, 2.75) is 32.7 Å². The van der Waals surface area contributed by atoms with Gasteiger partial charge >= 0.3 is 0 Å². The van der Waals surface area contributed by atoms with Crippen LogP contribution < -0.4 is 0 Å². The van der Waals surface area contributed by atoms with E-state index in [0.29, 0.717) is 18.4 Å². The predicted octanol–water partition coefficient (Wildman–Crippen LogP) is 2.69. The number of carbonyl (C=O) groups is 1. The highest BCUT2D eigenvalue weighted by Crippen LogP contribution is 2.21. The minimum atomic E-state index is 0.314. The van der Waals surface area contributed by atoms with Crippen LogP contribution in [0, 0.1) is 0 Å². The summed E-state index contributed by atoms with van der Waals surface area (Å²) in [5.74, 6) is 0.314. The molecule has 1 aliphatic heterocycles. The van der Waals surface area contributed by atoms with Crippen molar-refractivity contribution in [1.29, 1.82) is 0 Å². The predicted molar refractivity (Wildman–Crippen MR) is 77.9 cm³/mol. The Morgan fingerprint density at radius 3 is 2.37 bits per heavy atom. The third-order valence-electron chi connectivity index (χ3n) is 3.96. The summed E-state index contributed by atoms with van der Waals surface area (Å²) in [4.78, 5) is 16.3. The molecule has 2 rings (SSSR count). The van der Waals surface area contributed by atoms with E-state index in [1.54, 1.807) is 0 Å². The summed E-state index contributed by atoms with van der Waals surface area (Å²) in [5, 5.41) is 0. The maximum absolute atomic E-state index is 11.9. The second kappa shape index (κ2) is 6.71. The van der Waals surface area contributed by atoms with Gasteiger partial charge in [-0.1, -0.05) is 37.3 Å². The Morgan fingerprint density at radius 1 is 1.16 bits per heavy atom. The van der Waals surface area contributed by atoms with Crippen LogP contribution in [0.2, 0.25) is 0 Å². The van der Waals surface area contributed by atoms with E-state index < -0.39 is 0 Å². The zero-order valence-electron chi connectivity index (χ0n) is 12.0. The summed E-state index contributed by atoms with van der Waals surface area (Å²) in [6.45, 7) is 8.01. The van der Waals surface area contributed by atoms with Gasteiger partial charge in [-0.3, -0.25) is 9.69 Å². The van der Waals surface area contributed by atoms with Gasteiger partial charge in [0.2, 0.25) is 5.91 Å². The smallest absolute Gasteiger partial charge is 0.222 e. The van der Waals surface area contributed by atoms with Gasteiger partial charge in [0.15, 0.2) is 0 Å². The van der Waals surface area contributed by atoms with Crippen LogP contribution in [0.25, 0.3) is 0 Å². The van der Waals surface area contributed by atoms with Crippen LogP contribution in [-0.2, 0) is 4.79 Å². The third kappa shape index (κ3) is 3.57. The molecule has 3 nitrogen and oxygen atoms in total. The van der Waals surface area contributed by atoms with E-state index in [2.05, 4.69) is 49.1 Å². The Bertz CT molecular complexity index is 396. The van der Waals surface area contributed by atoms with Gasteiger partial charge in [0, 0.05) is 38.6 Å². The van der Waals surface area contributed by atoms with Gasteiger partial charge in [0.25, 0.3) is 0 Å². The normalized spacial score (nSPS) is 18.3. The summed E-state index contributed by atoms with van der Waals surface area (Å²) in [6.07, 6.45) is 1.63. The van der Waals surface area contributed by atoms with E-state index in [0.717, 1.165) is 32.6 Å². The van der Waals surface area contributed by atoms with Crippen molar-refractivity contribution in [2.24, 2.45) is 0 Å². The topological polar surface area (TPSA) is 23.6 Å². The lowest BCUT2D eigenvalue weighted by atomic mass is 10.1. The van der Waals surface area contributed by atoms with E-state index in [1.807, 2.05) is 4.90 Å². The Balaban J connectivity index is 1.88. The highest BCUT2D eigenvalue weighted by Gasteiger charge is 2.23. The molecule has 0 radical (unpaired) electrons. The van der Waals surface area contributed by atoms with Gasteiger partial charge in [-0.15, -0.1) is 0 Å². The zero-order chi connectivity index (χ0) is 13.7. The maximum atomic E-state index is 11.9. The molecule has 0 aliphatic carbocycles. The highest BCUT2D eigenvalue weighted by atomic mass is 16.2. The molecule has 0 spiro atoms. The van der Waals surface area contributed by atoms with Crippen molar-refractivity contribution in [1.82, 2.24) is 9.80 Å². The van der Waals surface area contributed by atoms with Gasteiger partial charge in [0.05, 0.1) is 0 Å². The quantitative estimate of drug-likeness (QED) is 0.831. The summed E-state index contributed by atoms with van der Waals surface area (Å²) >= 11 is 0.